The molecule has 0 amide bonds. The molecule has 0 aliphatic heterocycles. The third-order valence-electron chi connectivity index (χ3n) is 2.84. The normalized spacial score (nSPS) is 19.9. The fourth-order valence-electron chi connectivity index (χ4n) is 1.96. The molecule has 1 unspecified atom stereocenters. The van der Waals surface area contributed by atoms with Gasteiger partial charge in [0.25, 0.3) is 0 Å². The Kier molecular flexibility index (Phi) is 2.56. The molecule has 2 N–H and O–H groups in total. The summed E-state index contributed by atoms with van der Waals surface area (Å²) in [5, 5.41) is 15.8. The van der Waals surface area contributed by atoms with Crippen molar-refractivity contribution in [3.05, 3.63) is 16.4 Å². The molecule has 0 bridgehead atoms. The molecule has 15 heavy (non-hydrogen) atoms. The van der Waals surface area contributed by atoms with Crippen molar-refractivity contribution in [3.63, 3.8) is 0 Å². The predicted molar refractivity (Wildman–Crippen MR) is 55.6 cm³/mol. The van der Waals surface area contributed by atoms with Gasteiger partial charge in [-0.1, -0.05) is 0 Å². The lowest BCUT2D eigenvalue weighted by molar-refractivity contribution is -0.150. The molecule has 1 saturated carbocycles. The number of methoxy groups -OCH3 is 1. The van der Waals surface area contributed by atoms with E-state index in [0.717, 1.165) is 23.0 Å². The van der Waals surface area contributed by atoms with Crippen LogP contribution in [0.2, 0.25) is 0 Å². The second-order valence-corrected chi connectivity index (χ2v) is 4.56. The van der Waals surface area contributed by atoms with Crippen LogP contribution in [0.15, 0.2) is 10.7 Å². The number of halogens is 1. The quantitative estimate of drug-likeness (QED) is 0.868. The van der Waals surface area contributed by atoms with Crippen LogP contribution in [0.3, 0.4) is 0 Å². The summed E-state index contributed by atoms with van der Waals surface area (Å²) in [4.78, 5) is 11.0. The Hall–Kier alpha value is -0.880. The monoisotopic (exact) mass is 274 g/mol. The van der Waals surface area contributed by atoms with Gasteiger partial charge in [0, 0.05) is 7.11 Å². The van der Waals surface area contributed by atoms with Crippen LogP contribution >= 0.6 is 15.9 Å². The molecule has 5 nitrogen and oxygen atoms in total. The van der Waals surface area contributed by atoms with Crippen LogP contribution < -0.4 is 0 Å². The van der Waals surface area contributed by atoms with Crippen molar-refractivity contribution in [1.82, 2.24) is 10.2 Å². The topological polar surface area (TPSA) is 75.2 Å². The van der Waals surface area contributed by atoms with E-state index in [-0.39, 0.29) is 0 Å². The van der Waals surface area contributed by atoms with Crippen LogP contribution in [-0.4, -0.2) is 34.5 Å². The summed E-state index contributed by atoms with van der Waals surface area (Å²) < 4.78 is 5.86. The summed E-state index contributed by atoms with van der Waals surface area (Å²) in [6.45, 7) is 0. The minimum atomic E-state index is -0.934. The molecule has 82 valence electrons. The molecule has 0 spiro atoms. The third-order valence-corrected chi connectivity index (χ3v) is 3.44. The highest BCUT2D eigenvalue weighted by Gasteiger charge is 2.56. The Bertz CT molecular complexity index is 386. The van der Waals surface area contributed by atoms with Crippen molar-refractivity contribution in [2.45, 2.75) is 24.4 Å². The van der Waals surface area contributed by atoms with Gasteiger partial charge >= 0.3 is 5.97 Å². The molecule has 0 radical (unpaired) electrons. The first-order chi connectivity index (χ1) is 7.12. The largest absolute Gasteiger partial charge is 0.479 e. The maximum Gasteiger partial charge on any atom is 0.333 e. The number of aliphatic carboxylic acids is 1. The maximum atomic E-state index is 11.0. The minimum absolute atomic E-state index is 0.435. The van der Waals surface area contributed by atoms with Gasteiger partial charge in [0.2, 0.25) is 0 Å². The number of hydrogen-bond acceptors (Lipinski definition) is 3. The van der Waals surface area contributed by atoms with Gasteiger partial charge in [-0.25, -0.2) is 4.79 Å². The molecule has 2 rings (SSSR count). The average Bonchev–Trinajstić information content (AvgIpc) is 2.83. The number of carboxylic acid groups (broad SMARTS) is 1. The van der Waals surface area contributed by atoms with Crippen molar-refractivity contribution in [3.8, 4) is 0 Å². The first kappa shape index (κ1) is 10.6. The molecule has 0 saturated heterocycles. The zero-order chi connectivity index (χ0) is 11.1. The van der Waals surface area contributed by atoms with Crippen molar-refractivity contribution in [2.24, 2.45) is 0 Å². The number of rotatable bonds is 4. The van der Waals surface area contributed by atoms with E-state index >= 15 is 0 Å². The summed E-state index contributed by atoms with van der Waals surface area (Å²) in [5.41, 5.74) is 0.382. The van der Waals surface area contributed by atoms with Crippen molar-refractivity contribution in [1.29, 1.82) is 0 Å². The van der Waals surface area contributed by atoms with Gasteiger partial charge in [0.05, 0.1) is 21.8 Å². The van der Waals surface area contributed by atoms with E-state index in [1.165, 1.54) is 7.11 Å². The van der Waals surface area contributed by atoms with E-state index in [4.69, 9.17) is 9.84 Å². The molecule has 1 aliphatic carbocycles. The first-order valence-electron chi connectivity index (χ1n) is 4.57. The Morgan fingerprint density at radius 2 is 2.47 bits per heavy atom. The summed E-state index contributed by atoms with van der Waals surface area (Å²) in [6.07, 6.45) is 2.43. The van der Waals surface area contributed by atoms with Gasteiger partial charge in [-0.15, -0.1) is 0 Å². The highest BCUT2D eigenvalue weighted by molar-refractivity contribution is 9.10. The van der Waals surface area contributed by atoms with Gasteiger partial charge in [0.15, 0.2) is 6.10 Å². The third kappa shape index (κ3) is 1.57. The Balaban J connectivity index is 2.35. The van der Waals surface area contributed by atoms with Gasteiger partial charge in [0.1, 0.15) is 0 Å². The van der Waals surface area contributed by atoms with Gasteiger partial charge in [-0.05, 0) is 28.8 Å². The van der Waals surface area contributed by atoms with Gasteiger partial charge in [-0.3, -0.25) is 5.10 Å². The number of aromatic nitrogens is 2. The number of carboxylic acids is 1. The standard InChI is InChI=1S/C9H11BrN2O3/c1-15-7(8(13)14)9(2-3-9)6-5(10)4-11-12-6/h4,7H,2-3H2,1H3,(H,11,12)(H,13,14). The summed E-state index contributed by atoms with van der Waals surface area (Å²) in [7, 11) is 1.42. The molecular weight excluding hydrogens is 264 g/mol. The van der Waals surface area contributed by atoms with Crippen LogP contribution in [0.5, 0.6) is 0 Å². The molecule has 1 aliphatic rings. The van der Waals surface area contributed by atoms with Crippen LogP contribution in [0.1, 0.15) is 18.5 Å². The number of aromatic amines is 1. The average molecular weight is 275 g/mol. The number of ether oxygens (including phenoxy) is 1. The molecule has 1 fully saturated rings. The van der Waals surface area contributed by atoms with Gasteiger partial charge in [-0.2, -0.15) is 5.10 Å². The van der Waals surface area contributed by atoms with Crippen LogP contribution in [0.4, 0.5) is 0 Å². The Morgan fingerprint density at radius 1 is 1.80 bits per heavy atom. The van der Waals surface area contributed by atoms with E-state index in [2.05, 4.69) is 26.1 Å². The van der Waals surface area contributed by atoms with Crippen LogP contribution in [0, 0.1) is 0 Å². The molecule has 0 aromatic carbocycles. The van der Waals surface area contributed by atoms with E-state index < -0.39 is 17.5 Å². The van der Waals surface area contributed by atoms with Crippen LogP contribution in [0.25, 0.3) is 0 Å². The van der Waals surface area contributed by atoms with Crippen molar-refractivity contribution in [2.75, 3.05) is 7.11 Å². The number of nitrogens with zero attached hydrogens (tertiary/aromatic N) is 1. The second-order valence-electron chi connectivity index (χ2n) is 3.70. The number of H-pyrrole nitrogens is 1. The van der Waals surface area contributed by atoms with Gasteiger partial charge < -0.3 is 9.84 Å². The lowest BCUT2D eigenvalue weighted by atomic mass is 9.95. The molecule has 1 atom stereocenters. The Labute approximate surface area is 94.9 Å². The summed E-state index contributed by atoms with van der Waals surface area (Å²) >= 11 is 3.35. The maximum absolute atomic E-state index is 11.0. The van der Waals surface area contributed by atoms with E-state index in [1.807, 2.05) is 0 Å². The van der Waals surface area contributed by atoms with E-state index in [0.29, 0.717) is 0 Å². The number of hydrogen-bond donors (Lipinski definition) is 2. The van der Waals surface area contributed by atoms with Crippen molar-refractivity contribution >= 4 is 21.9 Å². The van der Waals surface area contributed by atoms with Crippen molar-refractivity contribution < 1.29 is 14.6 Å². The van der Waals surface area contributed by atoms with Crippen LogP contribution in [-0.2, 0) is 14.9 Å². The smallest absolute Gasteiger partial charge is 0.333 e. The first-order valence-corrected chi connectivity index (χ1v) is 5.36. The molecule has 1 heterocycles. The summed E-state index contributed by atoms with van der Waals surface area (Å²) in [5.74, 6) is -0.934. The predicted octanol–water partition coefficient (Wildman–Crippen LogP) is 1.30. The highest BCUT2D eigenvalue weighted by Crippen LogP contribution is 2.53. The summed E-state index contributed by atoms with van der Waals surface area (Å²) in [6, 6.07) is 0. The molecule has 1 aromatic rings. The molecular formula is C9H11BrN2O3. The highest BCUT2D eigenvalue weighted by atomic mass is 79.9. The van der Waals surface area contributed by atoms with E-state index in [9.17, 15) is 4.79 Å². The lowest BCUT2D eigenvalue weighted by Gasteiger charge is -2.21. The lowest BCUT2D eigenvalue weighted by Crippen LogP contribution is -2.36. The van der Waals surface area contributed by atoms with E-state index in [1.54, 1.807) is 6.20 Å². The fraction of sp³-hybridized carbons (Fsp3) is 0.556. The fourth-order valence-corrected chi connectivity index (χ4v) is 2.55. The number of carbonyl (C=O) groups is 1. The molecule has 6 heteroatoms. The SMILES string of the molecule is COC(C(=O)O)C1(c2[nH]ncc2Br)CC1. The zero-order valence-electron chi connectivity index (χ0n) is 8.16. The minimum Gasteiger partial charge on any atom is -0.479 e. The number of nitrogens with one attached hydrogen (secondary N) is 1. The second kappa shape index (κ2) is 3.61. The zero-order valence-corrected chi connectivity index (χ0v) is 9.74. The Morgan fingerprint density at radius 3 is 2.80 bits per heavy atom. The molecule has 1 aromatic heterocycles.